The second kappa shape index (κ2) is 4.35. The maximum absolute atomic E-state index is 12.7. The van der Waals surface area contributed by atoms with Crippen molar-refractivity contribution in [2.75, 3.05) is 6.61 Å². The Hall–Kier alpha value is -0.930. The molecule has 1 atom stereocenters. The Balaban J connectivity index is 2.88. The number of aliphatic hydroxyl groups excluding tert-OH is 1. The minimum Gasteiger partial charge on any atom is -0.396 e. The van der Waals surface area contributed by atoms with Crippen molar-refractivity contribution >= 4 is 0 Å². The Morgan fingerprint density at radius 1 is 1.54 bits per heavy atom. The van der Waals surface area contributed by atoms with Crippen molar-refractivity contribution in [3.8, 4) is 0 Å². The molecule has 0 saturated carbocycles. The summed E-state index contributed by atoms with van der Waals surface area (Å²) in [6.07, 6.45) is 0.506. The molecule has 0 amide bonds. The average molecular weight is 183 g/mol. The van der Waals surface area contributed by atoms with Gasteiger partial charge in [0.25, 0.3) is 0 Å². The SMILES string of the molecule is Cc1cc(F)ccc1C(N)CCO. The van der Waals surface area contributed by atoms with Gasteiger partial charge in [0.15, 0.2) is 0 Å². The quantitative estimate of drug-likeness (QED) is 0.746. The summed E-state index contributed by atoms with van der Waals surface area (Å²) in [6.45, 7) is 1.87. The second-order valence-electron chi connectivity index (χ2n) is 3.12. The van der Waals surface area contributed by atoms with E-state index in [0.29, 0.717) is 6.42 Å². The van der Waals surface area contributed by atoms with Crippen molar-refractivity contribution in [1.82, 2.24) is 0 Å². The van der Waals surface area contributed by atoms with Crippen LogP contribution in [0.3, 0.4) is 0 Å². The molecule has 0 fully saturated rings. The van der Waals surface area contributed by atoms with Gasteiger partial charge in [-0.05, 0) is 36.6 Å². The minimum absolute atomic E-state index is 0.0536. The maximum Gasteiger partial charge on any atom is 0.123 e. The molecule has 0 aliphatic rings. The number of aryl methyl sites for hydroxylation is 1. The molecular formula is C10H14FNO. The van der Waals surface area contributed by atoms with E-state index in [1.54, 1.807) is 6.07 Å². The third kappa shape index (κ3) is 2.50. The van der Waals surface area contributed by atoms with E-state index in [1.807, 2.05) is 6.92 Å². The molecule has 2 nitrogen and oxygen atoms in total. The first-order chi connectivity index (χ1) is 6.15. The van der Waals surface area contributed by atoms with Crippen LogP contribution in [0, 0.1) is 12.7 Å². The fourth-order valence-corrected chi connectivity index (χ4v) is 1.35. The van der Waals surface area contributed by atoms with E-state index in [2.05, 4.69) is 0 Å². The summed E-state index contributed by atoms with van der Waals surface area (Å²) in [4.78, 5) is 0. The fraction of sp³-hybridized carbons (Fsp3) is 0.400. The monoisotopic (exact) mass is 183 g/mol. The van der Waals surface area contributed by atoms with Gasteiger partial charge in [-0.3, -0.25) is 0 Å². The fourth-order valence-electron chi connectivity index (χ4n) is 1.35. The molecule has 3 N–H and O–H groups in total. The average Bonchev–Trinajstić information content (AvgIpc) is 2.04. The first-order valence-corrected chi connectivity index (χ1v) is 4.27. The van der Waals surface area contributed by atoms with Crippen molar-refractivity contribution in [2.24, 2.45) is 5.73 Å². The third-order valence-electron chi connectivity index (χ3n) is 2.07. The van der Waals surface area contributed by atoms with Gasteiger partial charge < -0.3 is 10.8 Å². The van der Waals surface area contributed by atoms with Crippen molar-refractivity contribution in [2.45, 2.75) is 19.4 Å². The Morgan fingerprint density at radius 2 is 2.23 bits per heavy atom. The standard InChI is InChI=1S/C10H14FNO/c1-7-6-8(11)2-3-9(7)10(12)4-5-13/h2-3,6,10,13H,4-5,12H2,1H3. The van der Waals surface area contributed by atoms with Gasteiger partial charge in [-0.1, -0.05) is 6.07 Å². The molecule has 1 aromatic carbocycles. The van der Waals surface area contributed by atoms with E-state index >= 15 is 0 Å². The van der Waals surface area contributed by atoms with Crippen LogP contribution < -0.4 is 5.73 Å². The summed E-state index contributed by atoms with van der Waals surface area (Å²) in [5, 5.41) is 8.69. The van der Waals surface area contributed by atoms with Crippen LogP contribution in [-0.2, 0) is 0 Å². The lowest BCUT2D eigenvalue weighted by Gasteiger charge is -2.13. The molecule has 0 spiro atoms. The summed E-state index contributed by atoms with van der Waals surface area (Å²) in [6, 6.07) is 4.31. The highest BCUT2D eigenvalue weighted by molar-refractivity contribution is 5.29. The topological polar surface area (TPSA) is 46.2 Å². The van der Waals surface area contributed by atoms with E-state index in [9.17, 15) is 4.39 Å². The molecule has 1 aromatic rings. The Bertz CT molecular complexity index is 288. The van der Waals surface area contributed by atoms with Crippen LogP contribution in [0.5, 0.6) is 0 Å². The third-order valence-corrected chi connectivity index (χ3v) is 2.07. The number of rotatable bonds is 3. The summed E-state index contributed by atoms with van der Waals surface area (Å²) in [5.74, 6) is -0.252. The van der Waals surface area contributed by atoms with E-state index in [1.165, 1.54) is 12.1 Å². The van der Waals surface area contributed by atoms with E-state index in [4.69, 9.17) is 10.8 Å². The molecule has 1 unspecified atom stereocenters. The first kappa shape index (κ1) is 10.2. The number of aliphatic hydroxyl groups is 1. The normalized spacial score (nSPS) is 12.9. The molecule has 0 aliphatic heterocycles. The van der Waals surface area contributed by atoms with Gasteiger partial charge in [0, 0.05) is 12.6 Å². The summed E-state index contributed by atoms with van der Waals surface area (Å²) < 4.78 is 12.7. The van der Waals surface area contributed by atoms with Gasteiger partial charge in [-0.15, -0.1) is 0 Å². The molecule has 0 radical (unpaired) electrons. The summed E-state index contributed by atoms with van der Waals surface area (Å²) in [7, 11) is 0. The summed E-state index contributed by atoms with van der Waals surface area (Å²) in [5.41, 5.74) is 7.51. The van der Waals surface area contributed by atoms with Gasteiger partial charge in [-0.25, -0.2) is 4.39 Å². The van der Waals surface area contributed by atoms with Crippen LogP contribution in [-0.4, -0.2) is 11.7 Å². The number of nitrogens with two attached hydrogens (primary N) is 1. The van der Waals surface area contributed by atoms with Crippen LogP contribution in [0.15, 0.2) is 18.2 Å². The Labute approximate surface area is 77.2 Å². The van der Waals surface area contributed by atoms with Crippen molar-refractivity contribution in [3.05, 3.63) is 35.1 Å². The molecule has 0 aromatic heterocycles. The molecule has 1 rings (SSSR count). The van der Waals surface area contributed by atoms with Crippen molar-refractivity contribution in [1.29, 1.82) is 0 Å². The molecule has 0 heterocycles. The molecule has 13 heavy (non-hydrogen) atoms. The van der Waals surface area contributed by atoms with Crippen LogP contribution in [0.1, 0.15) is 23.6 Å². The van der Waals surface area contributed by atoms with Crippen LogP contribution in [0.25, 0.3) is 0 Å². The number of hydrogen-bond acceptors (Lipinski definition) is 2. The Morgan fingerprint density at radius 3 is 2.77 bits per heavy atom. The van der Waals surface area contributed by atoms with Gasteiger partial charge in [0.05, 0.1) is 0 Å². The highest BCUT2D eigenvalue weighted by atomic mass is 19.1. The van der Waals surface area contributed by atoms with Gasteiger partial charge in [-0.2, -0.15) is 0 Å². The molecule has 72 valence electrons. The van der Waals surface area contributed by atoms with E-state index in [0.717, 1.165) is 11.1 Å². The molecule has 0 aliphatic carbocycles. The van der Waals surface area contributed by atoms with Gasteiger partial charge in [0.2, 0.25) is 0 Å². The number of hydrogen-bond donors (Lipinski definition) is 2. The largest absolute Gasteiger partial charge is 0.396 e. The van der Waals surface area contributed by atoms with Crippen LogP contribution in [0.2, 0.25) is 0 Å². The van der Waals surface area contributed by atoms with Crippen LogP contribution >= 0.6 is 0 Å². The minimum atomic E-state index is -0.252. The van der Waals surface area contributed by atoms with Crippen molar-refractivity contribution < 1.29 is 9.50 Å². The lowest BCUT2D eigenvalue weighted by atomic mass is 10.00. The predicted octanol–water partition coefficient (Wildman–Crippen LogP) is 1.52. The molecule has 0 saturated heterocycles. The molecular weight excluding hydrogens is 169 g/mol. The first-order valence-electron chi connectivity index (χ1n) is 4.27. The predicted molar refractivity (Wildman–Crippen MR) is 49.8 cm³/mol. The maximum atomic E-state index is 12.7. The zero-order valence-corrected chi connectivity index (χ0v) is 7.63. The number of halogens is 1. The highest BCUT2D eigenvalue weighted by Gasteiger charge is 2.08. The second-order valence-corrected chi connectivity index (χ2v) is 3.12. The van der Waals surface area contributed by atoms with Crippen molar-refractivity contribution in [3.63, 3.8) is 0 Å². The molecule has 3 heteroatoms. The van der Waals surface area contributed by atoms with Gasteiger partial charge >= 0.3 is 0 Å². The summed E-state index contributed by atoms with van der Waals surface area (Å²) >= 11 is 0. The number of benzene rings is 1. The molecule has 0 bridgehead atoms. The smallest absolute Gasteiger partial charge is 0.123 e. The zero-order valence-electron chi connectivity index (χ0n) is 7.63. The van der Waals surface area contributed by atoms with E-state index in [-0.39, 0.29) is 18.5 Å². The Kier molecular flexibility index (Phi) is 3.39. The van der Waals surface area contributed by atoms with E-state index < -0.39 is 0 Å². The van der Waals surface area contributed by atoms with Crippen LogP contribution in [0.4, 0.5) is 4.39 Å². The lowest BCUT2D eigenvalue weighted by Crippen LogP contribution is -2.13. The van der Waals surface area contributed by atoms with Gasteiger partial charge in [0.1, 0.15) is 5.82 Å². The highest BCUT2D eigenvalue weighted by Crippen LogP contribution is 2.18. The lowest BCUT2D eigenvalue weighted by molar-refractivity contribution is 0.276. The zero-order chi connectivity index (χ0) is 9.84.